The summed E-state index contributed by atoms with van der Waals surface area (Å²) in [7, 11) is 0. The first kappa shape index (κ1) is 39.1. The molecule has 11 heteroatoms. The number of aliphatic carboxylic acids is 2. The molecule has 47 heavy (non-hydrogen) atoms. The second kappa shape index (κ2) is 15.5. The van der Waals surface area contributed by atoms with Crippen LogP contribution in [-0.2, 0) is 23.8 Å². The summed E-state index contributed by atoms with van der Waals surface area (Å²) in [5, 5.41) is 27.0. The molecule has 0 aliphatic heterocycles. The van der Waals surface area contributed by atoms with Gasteiger partial charge >= 0.3 is 18.1 Å². The summed E-state index contributed by atoms with van der Waals surface area (Å²) < 4.78 is 55.0. The van der Waals surface area contributed by atoms with Crippen LogP contribution >= 0.6 is 0 Å². The highest BCUT2D eigenvalue weighted by atomic mass is 19.4. The summed E-state index contributed by atoms with van der Waals surface area (Å²) >= 11 is 0. The van der Waals surface area contributed by atoms with Crippen LogP contribution in [0, 0.1) is 29.6 Å². The predicted octanol–water partition coefficient (Wildman–Crippen LogP) is 7.85. The van der Waals surface area contributed by atoms with E-state index in [0.717, 1.165) is 51.9 Å². The van der Waals surface area contributed by atoms with Crippen molar-refractivity contribution in [3.8, 4) is 0 Å². The van der Waals surface area contributed by atoms with Crippen molar-refractivity contribution in [2.45, 2.75) is 140 Å². The zero-order chi connectivity index (χ0) is 35.3. The number of aliphatic hydroxyl groups is 1. The van der Waals surface area contributed by atoms with Gasteiger partial charge in [0.25, 0.3) is 0 Å². The van der Waals surface area contributed by atoms with Crippen molar-refractivity contribution in [1.82, 2.24) is 0 Å². The Morgan fingerprint density at radius 2 is 1.45 bits per heavy atom. The van der Waals surface area contributed by atoms with E-state index in [1.54, 1.807) is 13.8 Å². The van der Waals surface area contributed by atoms with Gasteiger partial charge in [-0.15, -0.1) is 0 Å². The van der Waals surface area contributed by atoms with Gasteiger partial charge < -0.3 is 29.5 Å². The van der Waals surface area contributed by atoms with Crippen LogP contribution in [0.15, 0.2) is 37.1 Å². The monoisotopic (exact) mass is 672 g/mol. The van der Waals surface area contributed by atoms with Crippen molar-refractivity contribution in [2.75, 3.05) is 6.61 Å². The lowest BCUT2D eigenvalue weighted by Gasteiger charge is -2.36. The molecule has 0 heterocycles. The standard InChI is InChI=1S/C15H23F3O2.C12H18O3.C9H14O3/c1-13(2,9-14(3,19)15(16,17)18)20-8-12-7-10-4-5-11(12)6-10;1-12(2,7-11(13)14)15-10-6-8-3-4-9(10)5-8;1-2-12-9(7-8(10)11)5-3-4-6-9/h4-5,10-12,19H,6-9H2,1-3H3;3-4,8-10H,5-7H2,1-2H3,(H,13,14);2H,1,3-7H2,(H,10,11). The Labute approximate surface area is 277 Å². The quantitative estimate of drug-likeness (QED) is 0.134. The van der Waals surface area contributed by atoms with Crippen molar-refractivity contribution in [3.05, 3.63) is 37.1 Å². The molecule has 3 saturated carbocycles. The van der Waals surface area contributed by atoms with Gasteiger partial charge in [0.2, 0.25) is 0 Å². The molecule has 0 aromatic carbocycles. The number of allylic oxidation sites excluding steroid dienone is 3. The van der Waals surface area contributed by atoms with Crippen molar-refractivity contribution >= 4 is 11.9 Å². The molecule has 0 aromatic heterocycles. The number of hydrogen-bond donors (Lipinski definition) is 3. The van der Waals surface area contributed by atoms with E-state index in [1.807, 2.05) is 13.8 Å². The molecule has 3 fully saturated rings. The summed E-state index contributed by atoms with van der Waals surface area (Å²) in [5.74, 6) is 1.13. The lowest BCUT2D eigenvalue weighted by Crippen LogP contribution is -2.48. The maximum absolute atomic E-state index is 12.7. The first-order valence-corrected chi connectivity index (χ1v) is 16.8. The van der Waals surface area contributed by atoms with Gasteiger partial charge in [-0.1, -0.05) is 30.9 Å². The molecule has 3 N–H and O–H groups in total. The number of fused-ring (bicyclic) bond motifs is 4. The van der Waals surface area contributed by atoms with E-state index in [1.165, 1.54) is 12.7 Å². The van der Waals surface area contributed by atoms with Gasteiger partial charge in [0.15, 0.2) is 5.60 Å². The fraction of sp³-hybridized carbons (Fsp3) is 0.778. The number of ether oxygens (including phenoxy) is 3. The minimum atomic E-state index is -4.64. The average molecular weight is 673 g/mol. The topological polar surface area (TPSA) is 123 Å². The molecule has 7 unspecified atom stereocenters. The first-order valence-electron chi connectivity index (χ1n) is 16.8. The molecule has 0 aromatic rings. The molecule has 5 rings (SSSR count). The summed E-state index contributed by atoms with van der Waals surface area (Å²) in [6, 6.07) is 0. The average Bonchev–Trinajstić information content (AvgIpc) is 3.74. The summed E-state index contributed by atoms with van der Waals surface area (Å²) in [6.45, 7) is 11.7. The number of carbonyl (C=O) groups is 2. The van der Waals surface area contributed by atoms with Crippen LogP contribution in [-0.4, -0.2) is 68.5 Å². The Morgan fingerprint density at radius 1 is 0.872 bits per heavy atom. The maximum atomic E-state index is 12.7. The minimum Gasteiger partial charge on any atom is -0.495 e. The lowest BCUT2D eigenvalue weighted by molar-refractivity contribution is -0.269. The van der Waals surface area contributed by atoms with Crippen molar-refractivity contribution in [1.29, 1.82) is 0 Å². The number of rotatable bonds is 13. The minimum absolute atomic E-state index is 0.0740. The van der Waals surface area contributed by atoms with Gasteiger partial charge in [0.1, 0.15) is 5.60 Å². The highest BCUT2D eigenvalue weighted by molar-refractivity contribution is 5.68. The van der Waals surface area contributed by atoms with Crippen LogP contribution in [0.3, 0.4) is 0 Å². The SMILES string of the molecule is C=COC1(CC(=O)O)CCCC1.CC(C)(CC(=O)O)OC1CC2C=CC1C2.CC(C)(CC(C)(O)C(F)(F)F)OCC1CC2C=CC1C2. The van der Waals surface area contributed by atoms with Crippen LogP contribution in [0.2, 0.25) is 0 Å². The van der Waals surface area contributed by atoms with Crippen molar-refractivity contribution < 1.29 is 52.3 Å². The Bertz CT molecular complexity index is 1140. The van der Waals surface area contributed by atoms with Gasteiger partial charge in [-0.2, -0.15) is 13.2 Å². The number of carboxylic acids is 2. The Hall–Kier alpha value is -2.37. The molecule has 268 valence electrons. The number of carboxylic acid groups (broad SMARTS) is 2. The van der Waals surface area contributed by atoms with Gasteiger partial charge in [-0.3, -0.25) is 9.59 Å². The Morgan fingerprint density at radius 3 is 1.87 bits per heavy atom. The first-order chi connectivity index (χ1) is 21.6. The summed E-state index contributed by atoms with van der Waals surface area (Å²) in [5.41, 5.74) is -4.71. The molecule has 4 bridgehead atoms. The largest absolute Gasteiger partial charge is 0.495 e. The van der Waals surface area contributed by atoms with Crippen molar-refractivity contribution in [3.63, 3.8) is 0 Å². The van der Waals surface area contributed by atoms with Gasteiger partial charge in [0.05, 0.1) is 43.0 Å². The third kappa shape index (κ3) is 11.6. The summed E-state index contributed by atoms with van der Waals surface area (Å²) in [6.07, 6.45) is 13.8. The van der Waals surface area contributed by atoms with Crippen LogP contribution in [0.4, 0.5) is 13.2 Å². The van der Waals surface area contributed by atoms with Crippen LogP contribution in [0.5, 0.6) is 0 Å². The van der Waals surface area contributed by atoms with Gasteiger partial charge in [0, 0.05) is 12.3 Å². The number of halogens is 3. The van der Waals surface area contributed by atoms with E-state index < -0.39 is 46.9 Å². The van der Waals surface area contributed by atoms with E-state index in [0.29, 0.717) is 36.2 Å². The van der Waals surface area contributed by atoms with E-state index in [-0.39, 0.29) is 18.9 Å². The third-order valence-electron chi connectivity index (χ3n) is 10.1. The van der Waals surface area contributed by atoms with Crippen molar-refractivity contribution in [2.24, 2.45) is 29.6 Å². The zero-order valence-corrected chi connectivity index (χ0v) is 28.6. The second-order valence-electron chi connectivity index (χ2n) is 15.6. The third-order valence-corrected chi connectivity index (χ3v) is 10.1. The molecule has 5 aliphatic carbocycles. The van der Waals surface area contributed by atoms with Gasteiger partial charge in [-0.25, -0.2) is 0 Å². The highest BCUT2D eigenvalue weighted by Gasteiger charge is 2.52. The fourth-order valence-corrected chi connectivity index (χ4v) is 7.89. The molecule has 7 atom stereocenters. The molecular weight excluding hydrogens is 617 g/mol. The lowest BCUT2D eigenvalue weighted by atomic mass is 9.89. The van der Waals surface area contributed by atoms with Gasteiger partial charge in [-0.05, 0) is 110 Å². The molecule has 5 aliphatic rings. The highest BCUT2D eigenvalue weighted by Crippen LogP contribution is 2.45. The van der Waals surface area contributed by atoms with Crippen LogP contribution < -0.4 is 0 Å². The molecular formula is C36H55F3O8. The Balaban J connectivity index is 0.000000199. The number of hydrogen-bond acceptors (Lipinski definition) is 6. The molecule has 0 saturated heterocycles. The van der Waals surface area contributed by atoms with E-state index in [2.05, 4.69) is 30.9 Å². The molecule has 0 spiro atoms. The number of alkyl halides is 3. The molecule has 0 radical (unpaired) electrons. The maximum Gasteiger partial charge on any atom is 0.417 e. The van der Waals surface area contributed by atoms with Crippen LogP contribution in [0.1, 0.15) is 105 Å². The molecule has 8 nitrogen and oxygen atoms in total. The second-order valence-corrected chi connectivity index (χ2v) is 15.6. The smallest absolute Gasteiger partial charge is 0.417 e. The Kier molecular flexibility index (Phi) is 12.8. The van der Waals surface area contributed by atoms with E-state index >= 15 is 0 Å². The fourth-order valence-electron chi connectivity index (χ4n) is 7.89. The van der Waals surface area contributed by atoms with E-state index in [4.69, 9.17) is 24.4 Å². The zero-order valence-electron chi connectivity index (χ0n) is 28.6. The van der Waals surface area contributed by atoms with Crippen LogP contribution in [0.25, 0.3) is 0 Å². The normalized spacial score (nSPS) is 29.8. The summed E-state index contributed by atoms with van der Waals surface area (Å²) in [4.78, 5) is 21.2. The predicted molar refractivity (Wildman–Crippen MR) is 171 cm³/mol. The molecule has 0 amide bonds. The van der Waals surface area contributed by atoms with E-state index in [9.17, 15) is 27.9 Å².